The fourth-order valence-corrected chi connectivity index (χ4v) is 2.47. The van der Waals surface area contributed by atoms with Crippen LogP contribution < -0.4 is 4.43 Å². The highest BCUT2D eigenvalue weighted by atomic mass is 28.4. The zero-order valence-electron chi connectivity index (χ0n) is 13.3. The molecule has 0 aliphatic heterocycles. The van der Waals surface area contributed by atoms with Gasteiger partial charge in [-0.3, -0.25) is 0 Å². The first-order valence-electron chi connectivity index (χ1n) is 6.57. The minimum atomic E-state index is -2.15. The van der Waals surface area contributed by atoms with Gasteiger partial charge in [0.1, 0.15) is 17.1 Å². The number of hydrogen-bond acceptors (Lipinski definition) is 3. The molecule has 1 aromatic carbocycles. The van der Waals surface area contributed by atoms with E-state index in [4.69, 9.17) is 9.16 Å². The molecule has 0 fully saturated rings. The Bertz CT molecular complexity index is 519. The van der Waals surface area contributed by atoms with Crippen LogP contribution in [0.3, 0.4) is 0 Å². The predicted octanol–water partition coefficient (Wildman–Crippen LogP) is 4.30. The molecule has 0 N–H and O–H groups in total. The van der Waals surface area contributed by atoms with Gasteiger partial charge in [0.15, 0.2) is 0 Å². The summed E-state index contributed by atoms with van der Waals surface area (Å²) in [5.41, 5.74) is 0.671. The smallest absolute Gasteiger partial charge is 0.341 e. The summed E-state index contributed by atoms with van der Waals surface area (Å²) in [6.45, 7) is 12.0. The van der Waals surface area contributed by atoms with Crippen LogP contribution in [-0.4, -0.2) is 21.4 Å². The Labute approximate surface area is 121 Å². The van der Waals surface area contributed by atoms with Crippen LogP contribution in [-0.2, 0) is 4.74 Å². The van der Waals surface area contributed by atoms with Crippen molar-refractivity contribution in [3.05, 3.63) is 29.1 Å². The number of benzene rings is 1. The molecule has 1 aromatic rings. The van der Waals surface area contributed by atoms with Crippen LogP contribution in [0.4, 0.5) is 4.39 Å². The standard InChI is InChI=1S/C15H23FO3Si/c1-10-8-11(14(17)18-5)13(9-12(10)16)19-20(6,7)15(2,3)4/h8-9H,1-7H3. The molecule has 0 spiro atoms. The summed E-state index contributed by atoms with van der Waals surface area (Å²) in [5.74, 6) is -0.625. The first kappa shape index (κ1) is 16.7. The molecule has 0 aliphatic rings. The summed E-state index contributed by atoms with van der Waals surface area (Å²) in [6.07, 6.45) is 0. The summed E-state index contributed by atoms with van der Waals surface area (Å²) < 4.78 is 24.6. The van der Waals surface area contributed by atoms with E-state index in [0.29, 0.717) is 5.56 Å². The van der Waals surface area contributed by atoms with Gasteiger partial charge < -0.3 is 9.16 Å². The monoisotopic (exact) mass is 298 g/mol. The Kier molecular flexibility index (Phi) is 4.64. The van der Waals surface area contributed by atoms with Crippen LogP contribution in [0, 0.1) is 12.7 Å². The highest BCUT2D eigenvalue weighted by molar-refractivity contribution is 6.74. The largest absolute Gasteiger partial charge is 0.543 e. The van der Waals surface area contributed by atoms with E-state index in [9.17, 15) is 9.18 Å². The Morgan fingerprint density at radius 1 is 1.25 bits per heavy atom. The molecule has 0 amide bonds. The predicted molar refractivity (Wildman–Crippen MR) is 80.3 cm³/mol. The maximum Gasteiger partial charge on any atom is 0.341 e. The van der Waals surface area contributed by atoms with E-state index in [1.54, 1.807) is 6.92 Å². The zero-order valence-corrected chi connectivity index (χ0v) is 14.3. The van der Waals surface area contributed by atoms with E-state index in [0.717, 1.165) is 0 Å². The van der Waals surface area contributed by atoms with E-state index in [2.05, 4.69) is 20.8 Å². The highest BCUT2D eigenvalue weighted by Crippen LogP contribution is 2.38. The van der Waals surface area contributed by atoms with Crippen LogP contribution in [0.2, 0.25) is 18.1 Å². The van der Waals surface area contributed by atoms with Crippen LogP contribution in [0.15, 0.2) is 12.1 Å². The summed E-state index contributed by atoms with van der Waals surface area (Å²) in [7, 11) is -0.848. The van der Waals surface area contributed by atoms with Gasteiger partial charge in [-0.15, -0.1) is 0 Å². The quantitative estimate of drug-likeness (QED) is 0.616. The van der Waals surface area contributed by atoms with Gasteiger partial charge in [-0.2, -0.15) is 0 Å². The van der Waals surface area contributed by atoms with Crippen molar-refractivity contribution in [3.8, 4) is 5.75 Å². The molecule has 3 nitrogen and oxygen atoms in total. The van der Waals surface area contributed by atoms with Gasteiger partial charge >= 0.3 is 5.97 Å². The lowest BCUT2D eigenvalue weighted by Crippen LogP contribution is -2.44. The average Bonchev–Trinajstić information content (AvgIpc) is 2.30. The molecular weight excluding hydrogens is 275 g/mol. The maximum absolute atomic E-state index is 13.8. The number of halogens is 1. The lowest BCUT2D eigenvalue weighted by Gasteiger charge is -2.36. The number of aryl methyl sites for hydroxylation is 1. The van der Waals surface area contributed by atoms with Gasteiger partial charge in [-0.1, -0.05) is 20.8 Å². The van der Waals surface area contributed by atoms with Gasteiger partial charge in [-0.05, 0) is 36.7 Å². The highest BCUT2D eigenvalue weighted by Gasteiger charge is 2.39. The Hall–Kier alpha value is -1.36. The lowest BCUT2D eigenvalue weighted by atomic mass is 10.1. The van der Waals surface area contributed by atoms with Crippen molar-refractivity contribution in [2.45, 2.75) is 45.8 Å². The minimum Gasteiger partial charge on any atom is -0.543 e. The summed E-state index contributed by atoms with van der Waals surface area (Å²) in [5, 5.41) is -0.0399. The van der Waals surface area contributed by atoms with Gasteiger partial charge in [-0.25, -0.2) is 9.18 Å². The fraction of sp³-hybridized carbons (Fsp3) is 0.533. The van der Waals surface area contributed by atoms with E-state index < -0.39 is 14.3 Å². The SMILES string of the molecule is COC(=O)c1cc(C)c(F)cc1O[Si](C)(C)C(C)(C)C. The Morgan fingerprint density at radius 3 is 2.25 bits per heavy atom. The molecule has 0 aliphatic carbocycles. The number of methoxy groups -OCH3 is 1. The number of hydrogen-bond donors (Lipinski definition) is 0. The maximum atomic E-state index is 13.8. The molecule has 0 atom stereocenters. The molecule has 0 saturated heterocycles. The van der Waals surface area contributed by atoms with Gasteiger partial charge in [0.05, 0.1) is 7.11 Å². The first-order valence-corrected chi connectivity index (χ1v) is 9.48. The summed E-state index contributed by atoms with van der Waals surface area (Å²) in [4.78, 5) is 11.8. The van der Waals surface area contributed by atoms with Gasteiger partial charge in [0, 0.05) is 6.07 Å². The Balaban J connectivity index is 3.30. The second kappa shape index (κ2) is 5.56. The normalized spacial score (nSPS) is 12.2. The number of ether oxygens (including phenoxy) is 1. The topological polar surface area (TPSA) is 35.5 Å². The third-order valence-corrected chi connectivity index (χ3v) is 8.18. The third kappa shape index (κ3) is 3.39. The van der Waals surface area contributed by atoms with Crippen molar-refractivity contribution in [1.29, 1.82) is 0 Å². The molecule has 0 heterocycles. The summed E-state index contributed by atoms with van der Waals surface area (Å²) in [6, 6.07) is 2.76. The number of rotatable bonds is 3. The average molecular weight is 298 g/mol. The van der Waals surface area contributed by atoms with Crippen molar-refractivity contribution in [3.63, 3.8) is 0 Å². The molecule has 112 valence electrons. The second-order valence-electron chi connectivity index (χ2n) is 6.45. The third-order valence-electron chi connectivity index (χ3n) is 3.84. The lowest BCUT2D eigenvalue weighted by molar-refractivity contribution is 0.0598. The molecule has 20 heavy (non-hydrogen) atoms. The van der Waals surface area contributed by atoms with Crippen LogP contribution in [0.5, 0.6) is 5.75 Å². The molecule has 0 saturated carbocycles. The van der Waals surface area contributed by atoms with Crippen molar-refractivity contribution >= 4 is 14.3 Å². The van der Waals surface area contributed by atoms with Gasteiger partial charge in [0.25, 0.3) is 8.32 Å². The first-order chi connectivity index (χ1) is 8.99. The zero-order chi connectivity index (χ0) is 15.7. The van der Waals surface area contributed by atoms with Crippen LogP contribution >= 0.6 is 0 Å². The number of carbonyl (C=O) groups is 1. The van der Waals surface area contributed by atoms with E-state index in [1.165, 1.54) is 19.2 Å². The molecule has 5 heteroatoms. The van der Waals surface area contributed by atoms with Crippen molar-refractivity contribution in [2.24, 2.45) is 0 Å². The molecule has 0 unspecified atom stereocenters. The van der Waals surface area contributed by atoms with E-state index >= 15 is 0 Å². The van der Waals surface area contributed by atoms with Gasteiger partial charge in [0.2, 0.25) is 0 Å². The minimum absolute atomic E-state index is 0.0399. The number of carbonyl (C=O) groups excluding carboxylic acids is 1. The van der Waals surface area contributed by atoms with Crippen LogP contribution in [0.25, 0.3) is 0 Å². The molecule has 1 rings (SSSR count). The van der Waals surface area contributed by atoms with Crippen molar-refractivity contribution in [2.75, 3.05) is 7.11 Å². The molecule has 0 aromatic heterocycles. The molecule has 0 radical (unpaired) electrons. The Morgan fingerprint density at radius 2 is 1.80 bits per heavy atom. The van der Waals surface area contributed by atoms with Crippen molar-refractivity contribution in [1.82, 2.24) is 0 Å². The van der Waals surface area contributed by atoms with Crippen molar-refractivity contribution < 1.29 is 18.3 Å². The summed E-state index contributed by atoms with van der Waals surface area (Å²) >= 11 is 0. The molecule has 0 bridgehead atoms. The molecular formula is C15H23FO3Si. The number of esters is 1. The van der Waals surface area contributed by atoms with E-state index in [1.807, 2.05) is 13.1 Å². The van der Waals surface area contributed by atoms with E-state index in [-0.39, 0.29) is 22.2 Å². The van der Waals surface area contributed by atoms with Crippen LogP contribution in [0.1, 0.15) is 36.7 Å². The second-order valence-corrected chi connectivity index (χ2v) is 11.2. The fourth-order valence-electron chi connectivity index (χ4n) is 1.45.